The minimum Gasteiger partial charge on any atom is -0.383 e. The minimum atomic E-state index is -2.66. The number of rotatable bonds is 2. The summed E-state index contributed by atoms with van der Waals surface area (Å²) in [4.78, 5) is 13.8. The van der Waals surface area contributed by atoms with Crippen molar-refractivity contribution in [2.45, 2.75) is 13.3 Å². The van der Waals surface area contributed by atoms with E-state index in [0.717, 1.165) is 0 Å². The Labute approximate surface area is 73.6 Å². The Bertz CT molecular complexity index is 339. The molecule has 0 spiro atoms. The molecule has 0 unspecified atom stereocenters. The average molecular weight is 186 g/mol. The molecule has 0 bridgehead atoms. The number of halogens is 2. The molecule has 0 fully saturated rings. The molecule has 1 heterocycles. The zero-order chi connectivity index (χ0) is 10.0. The van der Waals surface area contributed by atoms with Crippen LogP contribution in [-0.4, -0.2) is 11.3 Å². The summed E-state index contributed by atoms with van der Waals surface area (Å²) in [7, 11) is 0. The standard InChI is InChI=1S/C8H8F2N2O/c1-4-2-5(3-13)8(11)12-6(4)7(9)10/h2-3,7H,1H3,(H2,11,12). The number of alkyl halides is 2. The van der Waals surface area contributed by atoms with Crippen LogP contribution in [0, 0.1) is 6.92 Å². The third-order valence-electron chi connectivity index (χ3n) is 1.65. The molecule has 0 atom stereocenters. The van der Waals surface area contributed by atoms with Gasteiger partial charge in [-0.1, -0.05) is 0 Å². The van der Waals surface area contributed by atoms with Gasteiger partial charge < -0.3 is 5.73 Å². The molecule has 0 aliphatic carbocycles. The van der Waals surface area contributed by atoms with Gasteiger partial charge in [-0.15, -0.1) is 0 Å². The number of hydrogen-bond donors (Lipinski definition) is 1. The maximum atomic E-state index is 12.2. The van der Waals surface area contributed by atoms with E-state index in [4.69, 9.17) is 5.73 Å². The van der Waals surface area contributed by atoms with Crippen molar-refractivity contribution in [3.63, 3.8) is 0 Å². The van der Waals surface area contributed by atoms with E-state index < -0.39 is 6.43 Å². The van der Waals surface area contributed by atoms with Gasteiger partial charge in [0.2, 0.25) is 0 Å². The van der Waals surface area contributed by atoms with Gasteiger partial charge in [0.05, 0.1) is 5.56 Å². The fourth-order valence-corrected chi connectivity index (χ4v) is 0.979. The largest absolute Gasteiger partial charge is 0.383 e. The highest BCUT2D eigenvalue weighted by atomic mass is 19.3. The Morgan fingerprint density at radius 1 is 1.62 bits per heavy atom. The molecule has 0 saturated carbocycles. The monoisotopic (exact) mass is 186 g/mol. The van der Waals surface area contributed by atoms with E-state index in [1.54, 1.807) is 0 Å². The molecular weight excluding hydrogens is 178 g/mol. The molecule has 0 aliphatic heterocycles. The molecule has 0 amide bonds. The number of hydrogen-bond acceptors (Lipinski definition) is 3. The third-order valence-corrected chi connectivity index (χ3v) is 1.65. The highest BCUT2D eigenvalue weighted by Gasteiger charge is 2.14. The Morgan fingerprint density at radius 2 is 2.23 bits per heavy atom. The first-order valence-corrected chi connectivity index (χ1v) is 3.56. The maximum Gasteiger partial charge on any atom is 0.280 e. The van der Waals surface area contributed by atoms with Crippen molar-refractivity contribution in [1.82, 2.24) is 4.98 Å². The van der Waals surface area contributed by atoms with Crippen LogP contribution in [0.4, 0.5) is 14.6 Å². The van der Waals surface area contributed by atoms with E-state index >= 15 is 0 Å². The Hall–Kier alpha value is -1.52. The summed E-state index contributed by atoms with van der Waals surface area (Å²) in [5.74, 6) is -0.157. The lowest BCUT2D eigenvalue weighted by atomic mass is 10.1. The smallest absolute Gasteiger partial charge is 0.280 e. The molecular formula is C8H8F2N2O. The lowest BCUT2D eigenvalue weighted by Gasteiger charge is -2.05. The summed E-state index contributed by atoms with van der Waals surface area (Å²) in [6, 6.07) is 1.30. The van der Waals surface area contributed by atoms with Gasteiger partial charge >= 0.3 is 0 Å². The summed E-state index contributed by atoms with van der Waals surface area (Å²) in [6.45, 7) is 1.46. The number of nitrogens with zero attached hydrogens (tertiary/aromatic N) is 1. The van der Waals surface area contributed by atoms with Crippen molar-refractivity contribution < 1.29 is 13.6 Å². The van der Waals surface area contributed by atoms with Crippen LogP contribution in [0.2, 0.25) is 0 Å². The molecule has 2 N–H and O–H groups in total. The number of carbonyl (C=O) groups is 1. The first kappa shape index (κ1) is 9.57. The van der Waals surface area contributed by atoms with Crippen molar-refractivity contribution in [3.8, 4) is 0 Å². The van der Waals surface area contributed by atoms with Gasteiger partial charge in [-0.3, -0.25) is 4.79 Å². The van der Waals surface area contributed by atoms with Gasteiger partial charge in [-0.05, 0) is 18.6 Å². The number of aryl methyl sites for hydroxylation is 1. The highest BCUT2D eigenvalue weighted by Crippen LogP contribution is 2.22. The summed E-state index contributed by atoms with van der Waals surface area (Å²) < 4.78 is 24.5. The zero-order valence-corrected chi connectivity index (χ0v) is 6.92. The van der Waals surface area contributed by atoms with Crippen molar-refractivity contribution in [3.05, 3.63) is 22.9 Å². The van der Waals surface area contributed by atoms with Crippen molar-refractivity contribution in [1.29, 1.82) is 0 Å². The molecule has 1 aromatic rings. The number of carbonyl (C=O) groups excluding carboxylic acids is 1. The van der Waals surface area contributed by atoms with Crippen molar-refractivity contribution in [2.75, 3.05) is 5.73 Å². The zero-order valence-electron chi connectivity index (χ0n) is 6.92. The lowest BCUT2D eigenvalue weighted by Crippen LogP contribution is -2.03. The molecule has 0 aliphatic rings. The molecule has 0 saturated heterocycles. The molecule has 70 valence electrons. The summed E-state index contributed by atoms with van der Waals surface area (Å²) in [5, 5.41) is 0. The van der Waals surface area contributed by atoms with Gasteiger partial charge in [0.1, 0.15) is 11.5 Å². The van der Waals surface area contributed by atoms with E-state index in [0.29, 0.717) is 6.29 Å². The van der Waals surface area contributed by atoms with E-state index in [-0.39, 0.29) is 22.6 Å². The fourth-order valence-electron chi connectivity index (χ4n) is 0.979. The Kier molecular flexibility index (Phi) is 2.55. The number of aldehydes is 1. The molecule has 13 heavy (non-hydrogen) atoms. The highest BCUT2D eigenvalue weighted by molar-refractivity contribution is 5.81. The molecule has 1 aromatic heterocycles. The minimum absolute atomic E-state index is 0.141. The molecule has 1 rings (SSSR count). The van der Waals surface area contributed by atoms with Gasteiger partial charge in [0.25, 0.3) is 6.43 Å². The second-order valence-electron chi connectivity index (χ2n) is 2.58. The van der Waals surface area contributed by atoms with Crippen LogP contribution in [0.1, 0.15) is 28.0 Å². The average Bonchev–Trinajstić information content (AvgIpc) is 2.07. The van der Waals surface area contributed by atoms with Crippen molar-refractivity contribution in [2.24, 2.45) is 0 Å². The Morgan fingerprint density at radius 3 is 2.69 bits per heavy atom. The van der Waals surface area contributed by atoms with E-state index in [9.17, 15) is 13.6 Å². The van der Waals surface area contributed by atoms with Crippen molar-refractivity contribution >= 4 is 12.1 Å². The van der Waals surface area contributed by atoms with Crippen LogP contribution in [0.3, 0.4) is 0 Å². The summed E-state index contributed by atoms with van der Waals surface area (Å²) in [6.07, 6.45) is -2.17. The van der Waals surface area contributed by atoms with E-state index in [1.807, 2.05) is 0 Å². The topological polar surface area (TPSA) is 56.0 Å². The lowest BCUT2D eigenvalue weighted by molar-refractivity contribution is 0.112. The van der Waals surface area contributed by atoms with E-state index in [1.165, 1.54) is 13.0 Å². The second kappa shape index (κ2) is 3.47. The molecule has 0 radical (unpaired) electrons. The number of pyridine rings is 1. The van der Waals surface area contributed by atoms with E-state index in [2.05, 4.69) is 4.98 Å². The number of anilines is 1. The van der Waals surface area contributed by atoms with Crippen LogP contribution >= 0.6 is 0 Å². The third kappa shape index (κ3) is 1.80. The number of nitrogen functional groups attached to an aromatic ring is 1. The quantitative estimate of drug-likeness (QED) is 0.715. The number of nitrogens with two attached hydrogens (primary N) is 1. The normalized spacial score (nSPS) is 10.5. The Balaban J connectivity index is 3.28. The van der Waals surface area contributed by atoms with Crippen LogP contribution in [-0.2, 0) is 0 Å². The first-order valence-electron chi connectivity index (χ1n) is 3.56. The van der Waals surface area contributed by atoms with Crippen LogP contribution in [0.15, 0.2) is 6.07 Å². The van der Waals surface area contributed by atoms with Gasteiger partial charge in [-0.2, -0.15) is 0 Å². The summed E-state index contributed by atoms with van der Waals surface area (Å²) in [5.41, 5.74) is 5.30. The molecule has 0 aromatic carbocycles. The molecule has 3 nitrogen and oxygen atoms in total. The maximum absolute atomic E-state index is 12.2. The van der Waals surface area contributed by atoms with Gasteiger partial charge in [0.15, 0.2) is 6.29 Å². The van der Waals surface area contributed by atoms with Crippen LogP contribution < -0.4 is 5.73 Å². The van der Waals surface area contributed by atoms with Crippen LogP contribution in [0.25, 0.3) is 0 Å². The molecule has 5 heteroatoms. The van der Waals surface area contributed by atoms with Gasteiger partial charge in [0, 0.05) is 0 Å². The second-order valence-corrected chi connectivity index (χ2v) is 2.58. The SMILES string of the molecule is Cc1cc(C=O)c(N)nc1C(F)F. The predicted molar refractivity (Wildman–Crippen MR) is 43.7 cm³/mol. The summed E-state index contributed by atoms with van der Waals surface area (Å²) >= 11 is 0. The number of aromatic nitrogens is 1. The fraction of sp³-hybridized carbons (Fsp3) is 0.250. The van der Waals surface area contributed by atoms with Gasteiger partial charge in [-0.25, -0.2) is 13.8 Å². The predicted octanol–water partition coefficient (Wildman–Crippen LogP) is 1.72. The first-order chi connectivity index (χ1) is 6.06. The van der Waals surface area contributed by atoms with Crippen LogP contribution in [0.5, 0.6) is 0 Å².